The lowest BCUT2D eigenvalue weighted by Gasteiger charge is -2.13. The third kappa shape index (κ3) is 6.21. The number of rotatable bonds is 9. The van der Waals surface area contributed by atoms with E-state index in [0.717, 1.165) is 6.42 Å². The summed E-state index contributed by atoms with van der Waals surface area (Å²) in [6.07, 6.45) is 0.822. The van der Waals surface area contributed by atoms with Crippen LogP contribution in [-0.2, 0) is 9.53 Å². The van der Waals surface area contributed by atoms with Crippen molar-refractivity contribution in [3.63, 3.8) is 0 Å². The van der Waals surface area contributed by atoms with Gasteiger partial charge in [-0.15, -0.1) is 0 Å². The highest BCUT2D eigenvalue weighted by molar-refractivity contribution is 9.10. The van der Waals surface area contributed by atoms with Gasteiger partial charge in [0, 0.05) is 18.3 Å². The van der Waals surface area contributed by atoms with Crippen molar-refractivity contribution in [1.82, 2.24) is 5.32 Å². The Bertz CT molecular complexity index is 914. The van der Waals surface area contributed by atoms with Crippen LogP contribution in [0.25, 0.3) is 0 Å². The van der Waals surface area contributed by atoms with Gasteiger partial charge in [0.1, 0.15) is 0 Å². The normalized spacial score (nSPS) is 10.1. The minimum atomic E-state index is -0.679. The number of halogens is 1. The van der Waals surface area contributed by atoms with Crippen molar-refractivity contribution < 1.29 is 28.6 Å². The largest absolute Gasteiger partial charge is 0.493 e. The summed E-state index contributed by atoms with van der Waals surface area (Å²) in [5.41, 5.74) is 1.16. The Morgan fingerprint density at radius 3 is 2.37 bits per heavy atom. The Labute approximate surface area is 183 Å². The van der Waals surface area contributed by atoms with Crippen LogP contribution in [0, 0.1) is 0 Å². The predicted octanol–water partition coefficient (Wildman–Crippen LogP) is 3.40. The number of carbonyl (C=O) groups is 3. The van der Waals surface area contributed by atoms with E-state index >= 15 is 0 Å². The molecule has 0 unspecified atom stereocenters. The molecule has 0 radical (unpaired) electrons. The Hall–Kier alpha value is -3.07. The van der Waals surface area contributed by atoms with Gasteiger partial charge in [0.25, 0.3) is 11.8 Å². The van der Waals surface area contributed by atoms with Crippen LogP contribution in [0.15, 0.2) is 40.9 Å². The molecule has 0 saturated heterocycles. The van der Waals surface area contributed by atoms with Crippen molar-refractivity contribution in [2.75, 3.05) is 32.7 Å². The third-order valence-corrected chi connectivity index (χ3v) is 4.50. The van der Waals surface area contributed by atoms with Gasteiger partial charge >= 0.3 is 5.97 Å². The van der Waals surface area contributed by atoms with E-state index in [2.05, 4.69) is 26.6 Å². The smallest absolute Gasteiger partial charge is 0.338 e. The Balaban J connectivity index is 1.97. The molecule has 2 aromatic rings. The van der Waals surface area contributed by atoms with Gasteiger partial charge in [-0.2, -0.15) is 0 Å². The molecule has 0 aliphatic carbocycles. The second-order valence-corrected chi connectivity index (χ2v) is 6.97. The fourth-order valence-corrected chi connectivity index (χ4v) is 3.00. The lowest BCUT2D eigenvalue weighted by molar-refractivity contribution is -0.119. The second-order valence-electron chi connectivity index (χ2n) is 6.12. The molecule has 8 nitrogen and oxygen atoms in total. The van der Waals surface area contributed by atoms with E-state index in [1.807, 2.05) is 6.92 Å². The quantitative estimate of drug-likeness (QED) is 0.535. The zero-order valence-corrected chi connectivity index (χ0v) is 18.5. The van der Waals surface area contributed by atoms with Crippen LogP contribution < -0.4 is 20.1 Å². The fourth-order valence-electron chi connectivity index (χ4n) is 2.44. The number of anilines is 1. The van der Waals surface area contributed by atoms with Crippen molar-refractivity contribution >= 4 is 39.4 Å². The number of methoxy groups -OCH3 is 1. The summed E-state index contributed by atoms with van der Waals surface area (Å²) in [6, 6.07) is 9.36. The summed E-state index contributed by atoms with van der Waals surface area (Å²) in [7, 11) is 3.00. The molecular weight excluding hydrogens is 456 g/mol. The van der Waals surface area contributed by atoms with Crippen LogP contribution in [0.3, 0.4) is 0 Å². The summed E-state index contributed by atoms with van der Waals surface area (Å²) in [5, 5.41) is 5.11. The molecule has 2 N–H and O–H groups in total. The minimum Gasteiger partial charge on any atom is -0.493 e. The first-order chi connectivity index (χ1) is 14.4. The summed E-state index contributed by atoms with van der Waals surface area (Å²) < 4.78 is 16.5. The summed E-state index contributed by atoms with van der Waals surface area (Å²) >= 11 is 3.36. The van der Waals surface area contributed by atoms with Crippen molar-refractivity contribution in [2.45, 2.75) is 13.3 Å². The molecule has 2 aromatic carbocycles. The van der Waals surface area contributed by atoms with E-state index in [-0.39, 0.29) is 11.5 Å². The Morgan fingerprint density at radius 1 is 1.07 bits per heavy atom. The maximum Gasteiger partial charge on any atom is 0.338 e. The summed E-state index contributed by atoms with van der Waals surface area (Å²) in [6.45, 7) is 2.01. The molecule has 0 saturated carbocycles. The zero-order chi connectivity index (χ0) is 22.1. The first-order valence-electron chi connectivity index (χ1n) is 9.19. The molecule has 0 bridgehead atoms. The Kier molecular flexibility index (Phi) is 8.67. The standard InChI is InChI=1S/C21H23BrN2O6/c1-4-9-29-19-16(22)10-14(11-17(19)28-3)21(27)30-12-18(25)24-15-7-5-13(6-8-15)20(26)23-2/h5-8,10-11H,4,9,12H2,1-3H3,(H,23,26)(H,24,25). The lowest BCUT2D eigenvalue weighted by atomic mass is 10.2. The summed E-state index contributed by atoms with van der Waals surface area (Å²) in [5.74, 6) is -0.542. The van der Waals surface area contributed by atoms with Crippen LogP contribution in [-0.4, -0.2) is 45.2 Å². The molecule has 0 aromatic heterocycles. The lowest BCUT2D eigenvalue weighted by Crippen LogP contribution is -2.21. The van der Waals surface area contributed by atoms with Crippen LogP contribution in [0.1, 0.15) is 34.1 Å². The fraction of sp³-hybridized carbons (Fsp3) is 0.286. The molecule has 9 heteroatoms. The SMILES string of the molecule is CCCOc1c(Br)cc(C(=O)OCC(=O)Nc2ccc(C(=O)NC)cc2)cc1OC. The van der Waals surface area contributed by atoms with Crippen molar-refractivity contribution in [2.24, 2.45) is 0 Å². The number of ether oxygens (including phenoxy) is 3. The van der Waals surface area contributed by atoms with Gasteiger partial charge in [-0.3, -0.25) is 9.59 Å². The van der Waals surface area contributed by atoms with Gasteiger partial charge in [0.05, 0.1) is 23.8 Å². The first kappa shape index (κ1) is 23.2. The van der Waals surface area contributed by atoms with E-state index in [1.54, 1.807) is 30.3 Å². The van der Waals surface area contributed by atoms with Crippen molar-refractivity contribution in [3.8, 4) is 11.5 Å². The Morgan fingerprint density at radius 2 is 1.77 bits per heavy atom. The average molecular weight is 479 g/mol. The molecule has 2 rings (SSSR count). The molecule has 0 atom stereocenters. The average Bonchev–Trinajstić information content (AvgIpc) is 2.76. The van der Waals surface area contributed by atoms with Crippen LogP contribution in [0.4, 0.5) is 5.69 Å². The zero-order valence-electron chi connectivity index (χ0n) is 16.9. The number of amides is 2. The van der Waals surface area contributed by atoms with Gasteiger partial charge in [-0.05, 0) is 58.7 Å². The number of nitrogens with one attached hydrogen (secondary N) is 2. The molecular formula is C21H23BrN2O6. The second kappa shape index (κ2) is 11.2. The van der Waals surface area contributed by atoms with E-state index in [1.165, 1.54) is 20.2 Å². The monoisotopic (exact) mass is 478 g/mol. The van der Waals surface area contributed by atoms with Crippen LogP contribution in [0.2, 0.25) is 0 Å². The number of carbonyl (C=O) groups excluding carboxylic acids is 3. The molecule has 2 amide bonds. The maximum atomic E-state index is 12.3. The van der Waals surface area contributed by atoms with E-state index in [4.69, 9.17) is 14.2 Å². The predicted molar refractivity (Wildman–Crippen MR) is 115 cm³/mol. The highest BCUT2D eigenvalue weighted by atomic mass is 79.9. The van der Waals surface area contributed by atoms with E-state index in [0.29, 0.717) is 33.8 Å². The van der Waals surface area contributed by atoms with E-state index < -0.39 is 18.5 Å². The van der Waals surface area contributed by atoms with Crippen molar-refractivity contribution in [1.29, 1.82) is 0 Å². The number of esters is 1. The third-order valence-electron chi connectivity index (χ3n) is 3.91. The van der Waals surface area contributed by atoms with Crippen LogP contribution >= 0.6 is 15.9 Å². The molecule has 30 heavy (non-hydrogen) atoms. The topological polar surface area (TPSA) is 103 Å². The van der Waals surface area contributed by atoms with E-state index in [9.17, 15) is 14.4 Å². The van der Waals surface area contributed by atoms with Gasteiger partial charge in [-0.25, -0.2) is 4.79 Å². The maximum absolute atomic E-state index is 12.3. The molecule has 0 aliphatic heterocycles. The molecule has 0 fully saturated rings. The molecule has 160 valence electrons. The van der Waals surface area contributed by atoms with Gasteiger partial charge in [-0.1, -0.05) is 6.92 Å². The van der Waals surface area contributed by atoms with Crippen LogP contribution in [0.5, 0.6) is 11.5 Å². The number of hydrogen-bond donors (Lipinski definition) is 2. The van der Waals surface area contributed by atoms with Crippen molar-refractivity contribution in [3.05, 3.63) is 52.0 Å². The number of hydrogen-bond acceptors (Lipinski definition) is 6. The highest BCUT2D eigenvalue weighted by Crippen LogP contribution is 2.37. The minimum absolute atomic E-state index is 0.213. The molecule has 0 aliphatic rings. The van der Waals surface area contributed by atoms with Gasteiger partial charge in [0.15, 0.2) is 18.1 Å². The number of benzene rings is 2. The first-order valence-corrected chi connectivity index (χ1v) is 9.98. The molecule has 0 spiro atoms. The van der Waals surface area contributed by atoms with Gasteiger partial charge < -0.3 is 24.8 Å². The molecule has 0 heterocycles. The summed E-state index contributed by atoms with van der Waals surface area (Å²) in [4.78, 5) is 35.9. The van der Waals surface area contributed by atoms with Gasteiger partial charge in [0.2, 0.25) is 0 Å². The highest BCUT2D eigenvalue weighted by Gasteiger charge is 2.17.